The predicted molar refractivity (Wildman–Crippen MR) is 119 cm³/mol. The number of ether oxygens (including phenoxy) is 2. The minimum Gasteiger partial charge on any atom is -0.497 e. The van der Waals surface area contributed by atoms with Crippen LogP contribution in [0.3, 0.4) is 0 Å². The number of benzene rings is 3. The normalized spacial score (nSPS) is 15.7. The van der Waals surface area contributed by atoms with Gasteiger partial charge in [-0.15, -0.1) is 0 Å². The maximum absolute atomic E-state index is 12.8. The summed E-state index contributed by atoms with van der Waals surface area (Å²) in [5.41, 5.74) is 7.27. The summed E-state index contributed by atoms with van der Waals surface area (Å²) in [6.07, 6.45) is 0.312. The van der Waals surface area contributed by atoms with Crippen LogP contribution in [-0.4, -0.2) is 25.5 Å². The van der Waals surface area contributed by atoms with E-state index in [1.165, 1.54) is 0 Å². The van der Waals surface area contributed by atoms with Crippen LogP contribution >= 0.6 is 11.6 Å². The average Bonchev–Trinajstić information content (AvgIpc) is 3.16. The van der Waals surface area contributed by atoms with Gasteiger partial charge in [0.1, 0.15) is 17.2 Å². The van der Waals surface area contributed by atoms with Crippen molar-refractivity contribution in [1.82, 2.24) is 0 Å². The zero-order valence-corrected chi connectivity index (χ0v) is 17.6. The SMILES string of the molecule is COc1ccc(C2CC(=O)N(c3cccc(C(N)=O)c3)C2)c(Oc2ccccc2Cl)c1. The number of halogens is 1. The van der Waals surface area contributed by atoms with Crippen molar-refractivity contribution < 1.29 is 19.1 Å². The second-order valence-corrected chi connectivity index (χ2v) is 7.66. The zero-order valence-electron chi connectivity index (χ0n) is 16.9. The van der Waals surface area contributed by atoms with E-state index in [2.05, 4.69) is 0 Å². The van der Waals surface area contributed by atoms with Crippen LogP contribution in [0.25, 0.3) is 0 Å². The molecular formula is C24H21ClN2O4. The fourth-order valence-corrected chi connectivity index (χ4v) is 3.88. The number of hydrogen-bond donors (Lipinski definition) is 1. The number of carbonyl (C=O) groups is 2. The molecule has 2 N–H and O–H groups in total. The molecule has 0 spiro atoms. The highest BCUT2D eigenvalue weighted by atomic mass is 35.5. The largest absolute Gasteiger partial charge is 0.497 e. The molecule has 0 aromatic heterocycles. The molecule has 1 saturated heterocycles. The molecule has 6 nitrogen and oxygen atoms in total. The maximum atomic E-state index is 12.8. The van der Waals surface area contributed by atoms with Crippen molar-refractivity contribution in [3.8, 4) is 17.2 Å². The summed E-state index contributed by atoms with van der Waals surface area (Å²) in [7, 11) is 1.58. The van der Waals surface area contributed by atoms with Crippen molar-refractivity contribution >= 4 is 29.1 Å². The van der Waals surface area contributed by atoms with E-state index in [4.69, 9.17) is 26.8 Å². The Balaban J connectivity index is 1.65. The highest BCUT2D eigenvalue weighted by Gasteiger charge is 2.33. The van der Waals surface area contributed by atoms with E-state index in [9.17, 15) is 9.59 Å². The molecular weight excluding hydrogens is 416 g/mol. The number of amides is 2. The van der Waals surface area contributed by atoms with Gasteiger partial charge >= 0.3 is 0 Å². The Hall–Kier alpha value is -3.51. The van der Waals surface area contributed by atoms with Crippen molar-refractivity contribution in [3.05, 3.63) is 82.9 Å². The Labute approximate surface area is 185 Å². The van der Waals surface area contributed by atoms with E-state index in [0.717, 1.165) is 5.56 Å². The predicted octanol–water partition coefficient (Wildman–Crippen LogP) is 4.76. The lowest BCUT2D eigenvalue weighted by Crippen LogP contribution is -2.24. The molecule has 1 aliphatic heterocycles. The number of primary amides is 1. The molecule has 2 amide bonds. The van der Waals surface area contributed by atoms with Crippen LogP contribution in [0.15, 0.2) is 66.7 Å². The minimum atomic E-state index is -0.532. The number of methoxy groups -OCH3 is 1. The van der Waals surface area contributed by atoms with Gasteiger partial charge in [0.15, 0.2) is 0 Å². The number of rotatable bonds is 6. The highest BCUT2D eigenvalue weighted by Crippen LogP contribution is 2.40. The van der Waals surface area contributed by atoms with E-state index in [1.807, 2.05) is 24.3 Å². The number of hydrogen-bond acceptors (Lipinski definition) is 4. The third-order valence-electron chi connectivity index (χ3n) is 5.28. The Morgan fingerprint density at radius 2 is 1.87 bits per heavy atom. The molecule has 0 radical (unpaired) electrons. The first kappa shape index (κ1) is 20.8. The molecule has 158 valence electrons. The number of anilines is 1. The van der Waals surface area contributed by atoms with Crippen LogP contribution in [0, 0.1) is 0 Å². The summed E-state index contributed by atoms with van der Waals surface area (Å²) in [4.78, 5) is 26.0. The third kappa shape index (κ3) is 4.34. The Morgan fingerprint density at radius 1 is 1.06 bits per heavy atom. The molecule has 3 aromatic rings. The second kappa shape index (κ2) is 8.70. The molecule has 1 aliphatic rings. The molecule has 31 heavy (non-hydrogen) atoms. The minimum absolute atomic E-state index is 0.0360. The Bertz CT molecular complexity index is 1150. The fourth-order valence-electron chi connectivity index (χ4n) is 3.71. The highest BCUT2D eigenvalue weighted by molar-refractivity contribution is 6.32. The van der Waals surface area contributed by atoms with Gasteiger partial charge in [-0.2, -0.15) is 0 Å². The summed E-state index contributed by atoms with van der Waals surface area (Å²) >= 11 is 6.27. The van der Waals surface area contributed by atoms with Crippen molar-refractivity contribution in [3.63, 3.8) is 0 Å². The molecule has 0 bridgehead atoms. The zero-order chi connectivity index (χ0) is 22.0. The van der Waals surface area contributed by atoms with Gasteiger partial charge in [0.05, 0.1) is 12.1 Å². The van der Waals surface area contributed by atoms with Crippen LogP contribution in [0.5, 0.6) is 17.2 Å². The number of nitrogens with zero attached hydrogens (tertiary/aromatic N) is 1. The molecule has 7 heteroatoms. The van der Waals surface area contributed by atoms with Crippen LogP contribution in [0.4, 0.5) is 5.69 Å². The van der Waals surface area contributed by atoms with Gasteiger partial charge in [-0.25, -0.2) is 0 Å². The Kier molecular flexibility index (Phi) is 5.82. The molecule has 3 aromatic carbocycles. The lowest BCUT2D eigenvalue weighted by molar-refractivity contribution is -0.117. The topological polar surface area (TPSA) is 81.9 Å². The van der Waals surface area contributed by atoms with Crippen molar-refractivity contribution in [1.29, 1.82) is 0 Å². The summed E-state index contributed by atoms with van der Waals surface area (Å²) < 4.78 is 11.5. The fraction of sp³-hybridized carbons (Fsp3) is 0.167. The molecule has 4 rings (SSSR count). The van der Waals surface area contributed by atoms with Crippen molar-refractivity contribution in [2.24, 2.45) is 5.73 Å². The summed E-state index contributed by atoms with van der Waals surface area (Å²) in [5.74, 6) is 1.07. The first-order valence-electron chi connectivity index (χ1n) is 9.77. The molecule has 0 aliphatic carbocycles. The lowest BCUT2D eigenvalue weighted by atomic mass is 9.97. The quantitative estimate of drug-likeness (QED) is 0.604. The van der Waals surface area contributed by atoms with Crippen molar-refractivity contribution in [2.75, 3.05) is 18.6 Å². The van der Waals surface area contributed by atoms with Crippen LogP contribution in [0.1, 0.15) is 28.3 Å². The summed E-state index contributed by atoms with van der Waals surface area (Å²) in [6.45, 7) is 0.451. The molecule has 1 heterocycles. The van der Waals surface area contributed by atoms with Crippen LogP contribution in [0.2, 0.25) is 5.02 Å². The van der Waals surface area contributed by atoms with Crippen molar-refractivity contribution in [2.45, 2.75) is 12.3 Å². The summed E-state index contributed by atoms with van der Waals surface area (Å²) in [5, 5.41) is 0.490. The van der Waals surface area contributed by atoms with E-state index in [-0.39, 0.29) is 11.8 Å². The van der Waals surface area contributed by atoms with E-state index in [1.54, 1.807) is 54.5 Å². The standard InChI is InChI=1S/C24H21ClN2O4/c1-30-18-9-10-19(22(13-18)31-21-8-3-2-7-20(21)25)16-12-23(28)27(14-16)17-6-4-5-15(11-17)24(26)29/h2-11,13,16H,12,14H2,1H3,(H2,26,29). The van der Waals surface area contributed by atoms with Gasteiger partial charge in [-0.3, -0.25) is 9.59 Å². The first-order chi connectivity index (χ1) is 15.0. The van der Waals surface area contributed by atoms with Gasteiger partial charge < -0.3 is 20.1 Å². The smallest absolute Gasteiger partial charge is 0.248 e. The molecule has 1 unspecified atom stereocenters. The van der Waals surface area contributed by atoms with Gasteiger partial charge in [-0.1, -0.05) is 35.9 Å². The van der Waals surface area contributed by atoms with E-state index >= 15 is 0 Å². The van der Waals surface area contributed by atoms with Crippen LogP contribution < -0.4 is 20.1 Å². The van der Waals surface area contributed by atoms with E-state index in [0.29, 0.717) is 46.5 Å². The number of para-hydroxylation sites is 1. The van der Waals surface area contributed by atoms with Gasteiger partial charge in [0.2, 0.25) is 11.8 Å². The van der Waals surface area contributed by atoms with Gasteiger partial charge in [-0.05, 0) is 36.4 Å². The number of nitrogens with two attached hydrogens (primary N) is 1. The molecule has 1 atom stereocenters. The molecule has 0 saturated carbocycles. The lowest BCUT2D eigenvalue weighted by Gasteiger charge is -2.19. The third-order valence-corrected chi connectivity index (χ3v) is 5.60. The summed E-state index contributed by atoms with van der Waals surface area (Å²) in [6, 6.07) is 19.5. The first-order valence-corrected chi connectivity index (χ1v) is 10.1. The van der Waals surface area contributed by atoms with Gasteiger partial charge in [0, 0.05) is 41.8 Å². The maximum Gasteiger partial charge on any atom is 0.248 e. The second-order valence-electron chi connectivity index (χ2n) is 7.26. The number of carbonyl (C=O) groups excluding carboxylic acids is 2. The Morgan fingerprint density at radius 3 is 2.61 bits per heavy atom. The van der Waals surface area contributed by atoms with E-state index < -0.39 is 5.91 Å². The molecule has 1 fully saturated rings. The monoisotopic (exact) mass is 436 g/mol. The van der Waals surface area contributed by atoms with Crippen LogP contribution in [-0.2, 0) is 4.79 Å². The van der Waals surface area contributed by atoms with Gasteiger partial charge in [0.25, 0.3) is 0 Å². The average molecular weight is 437 g/mol.